The van der Waals surface area contributed by atoms with Crippen LogP contribution < -0.4 is 15.8 Å². The highest BCUT2D eigenvalue weighted by Crippen LogP contribution is 2.36. The van der Waals surface area contributed by atoms with Crippen molar-refractivity contribution in [1.29, 1.82) is 0 Å². The molecule has 0 heterocycles. The number of alkyl halides is 3. The zero-order valence-electron chi connectivity index (χ0n) is 10.6. The Bertz CT molecular complexity index is 518. The van der Waals surface area contributed by atoms with Crippen molar-refractivity contribution in [2.24, 2.45) is 5.73 Å². The van der Waals surface area contributed by atoms with Crippen LogP contribution in [0.15, 0.2) is 18.2 Å². The van der Waals surface area contributed by atoms with E-state index in [2.05, 4.69) is 17.5 Å². The van der Waals surface area contributed by atoms with Crippen LogP contribution in [0.25, 0.3) is 0 Å². The summed E-state index contributed by atoms with van der Waals surface area (Å²) in [6.45, 7) is 1.56. The van der Waals surface area contributed by atoms with Gasteiger partial charge in [-0.2, -0.15) is 13.2 Å². The molecule has 0 fully saturated rings. The van der Waals surface area contributed by atoms with Crippen LogP contribution >= 0.6 is 12.2 Å². The smallest absolute Gasteiger partial charge is 0.419 e. The lowest BCUT2D eigenvalue weighted by molar-refractivity contribution is -0.139. The van der Waals surface area contributed by atoms with Gasteiger partial charge in [0.25, 0.3) is 5.91 Å². The van der Waals surface area contributed by atoms with Gasteiger partial charge in [0.1, 0.15) is 10.7 Å². The Morgan fingerprint density at radius 2 is 2.10 bits per heavy atom. The number of rotatable bonds is 5. The molecule has 20 heavy (non-hydrogen) atoms. The van der Waals surface area contributed by atoms with E-state index in [0.717, 1.165) is 12.1 Å². The average molecular weight is 306 g/mol. The van der Waals surface area contributed by atoms with Crippen LogP contribution in [-0.4, -0.2) is 24.0 Å². The maximum Gasteiger partial charge on any atom is 0.419 e. The van der Waals surface area contributed by atoms with Gasteiger partial charge < -0.3 is 15.8 Å². The van der Waals surface area contributed by atoms with Gasteiger partial charge in [-0.1, -0.05) is 12.2 Å². The lowest BCUT2D eigenvalue weighted by Crippen LogP contribution is -2.28. The van der Waals surface area contributed by atoms with Crippen molar-refractivity contribution in [3.63, 3.8) is 0 Å². The molecule has 0 saturated carbocycles. The highest BCUT2D eigenvalue weighted by Gasteiger charge is 2.35. The summed E-state index contributed by atoms with van der Waals surface area (Å²) in [5, 5.41) is 2.42. The van der Waals surface area contributed by atoms with Crippen LogP contribution in [0.2, 0.25) is 0 Å². The van der Waals surface area contributed by atoms with Crippen molar-refractivity contribution < 1.29 is 22.7 Å². The van der Waals surface area contributed by atoms with Crippen molar-refractivity contribution in [1.82, 2.24) is 5.32 Å². The second-order valence-corrected chi connectivity index (χ2v) is 4.25. The van der Waals surface area contributed by atoms with E-state index in [4.69, 9.17) is 10.5 Å². The van der Waals surface area contributed by atoms with Gasteiger partial charge in [0.15, 0.2) is 6.61 Å². The number of ether oxygens (including phenoxy) is 1. The fourth-order valence-electron chi connectivity index (χ4n) is 1.42. The van der Waals surface area contributed by atoms with Crippen LogP contribution in [0.4, 0.5) is 13.2 Å². The normalized spacial score (nSPS) is 11.0. The van der Waals surface area contributed by atoms with E-state index in [1.165, 1.54) is 6.07 Å². The van der Waals surface area contributed by atoms with E-state index in [0.29, 0.717) is 6.54 Å². The predicted octanol–water partition coefficient (Wildman–Crippen LogP) is 1.85. The third-order valence-electron chi connectivity index (χ3n) is 2.30. The van der Waals surface area contributed by atoms with Crippen molar-refractivity contribution in [3.8, 4) is 5.75 Å². The predicted molar refractivity (Wildman–Crippen MR) is 71.5 cm³/mol. The molecular formula is C12H13F3N2O2S. The first-order chi connectivity index (χ1) is 9.25. The number of hydrogen-bond acceptors (Lipinski definition) is 3. The maximum atomic E-state index is 12.9. The average Bonchev–Trinajstić information content (AvgIpc) is 2.35. The van der Waals surface area contributed by atoms with Crippen molar-refractivity contribution in [3.05, 3.63) is 29.3 Å². The molecule has 0 unspecified atom stereocenters. The lowest BCUT2D eigenvalue weighted by Gasteiger charge is -2.15. The van der Waals surface area contributed by atoms with Crippen molar-refractivity contribution >= 4 is 23.1 Å². The first kappa shape index (κ1) is 16.2. The third kappa shape index (κ3) is 4.37. The standard InChI is InChI=1S/C12H13F3N2O2S/c1-2-17-10(18)6-19-9-4-3-7(11(16)20)5-8(9)12(13,14)15/h3-5H,2,6H2,1H3,(H2,16,20)(H,17,18). The van der Waals surface area contributed by atoms with Gasteiger partial charge in [-0.15, -0.1) is 0 Å². The molecule has 0 aromatic heterocycles. The van der Waals surface area contributed by atoms with Gasteiger partial charge in [0.2, 0.25) is 0 Å². The molecule has 3 N–H and O–H groups in total. The number of thiocarbonyl (C=S) groups is 1. The number of nitrogens with one attached hydrogen (secondary N) is 1. The van der Waals surface area contributed by atoms with Gasteiger partial charge in [-0.25, -0.2) is 0 Å². The van der Waals surface area contributed by atoms with E-state index in [9.17, 15) is 18.0 Å². The molecule has 4 nitrogen and oxygen atoms in total. The summed E-state index contributed by atoms with van der Waals surface area (Å²) in [6, 6.07) is 3.20. The zero-order chi connectivity index (χ0) is 15.3. The Kier molecular flexibility index (Phi) is 5.32. The molecule has 110 valence electrons. The molecule has 0 aliphatic rings. The molecule has 1 amide bonds. The Balaban J connectivity index is 3.01. The second-order valence-electron chi connectivity index (χ2n) is 3.82. The first-order valence-corrected chi connectivity index (χ1v) is 6.07. The van der Waals surface area contributed by atoms with Crippen LogP contribution in [-0.2, 0) is 11.0 Å². The van der Waals surface area contributed by atoms with Gasteiger partial charge in [0, 0.05) is 12.1 Å². The quantitative estimate of drug-likeness (QED) is 0.815. The van der Waals surface area contributed by atoms with E-state index < -0.39 is 30.0 Å². The number of carbonyl (C=O) groups excluding carboxylic acids is 1. The van der Waals surface area contributed by atoms with Crippen LogP contribution in [0.5, 0.6) is 5.75 Å². The van der Waals surface area contributed by atoms with Gasteiger partial charge >= 0.3 is 6.18 Å². The molecule has 8 heteroatoms. The lowest BCUT2D eigenvalue weighted by atomic mass is 10.1. The summed E-state index contributed by atoms with van der Waals surface area (Å²) >= 11 is 4.63. The van der Waals surface area contributed by atoms with E-state index in [-0.39, 0.29) is 10.6 Å². The van der Waals surface area contributed by atoms with Crippen molar-refractivity contribution in [2.45, 2.75) is 13.1 Å². The van der Waals surface area contributed by atoms with Crippen LogP contribution in [0.3, 0.4) is 0 Å². The topological polar surface area (TPSA) is 64.3 Å². The molecule has 1 rings (SSSR count). The van der Waals surface area contributed by atoms with Crippen molar-refractivity contribution in [2.75, 3.05) is 13.2 Å². The second kappa shape index (κ2) is 6.56. The Morgan fingerprint density at radius 1 is 1.45 bits per heavy atom. The molecule has 0 atom stereocenters. The molecule has 0 saturated heterocycles. The van der Waals surface area contributed by atoms with E-state index in [1.54, 1.807) is 6.92 Å². The molecule has 1 aromatic carbocycles. The maximum absolute atomic E-state index is 12.9. The summed E-state index contributed by atoms with van der Waals surface area (Å²) in [5.74, 6) is -0.942. The third-order valence-corrected chi connectivity index (χ3v) is 2.54. The number of carbonyl (C=O) groups is 1. The van der Waals surface area contributed by atoms with E-state index >= 15 is 0 Å². The highest BCUT2D eigenvalue weighted by atomic mass is 32.1. The fourth-order valence-corrected chi connectivity index (χ4v) is 1.55. The number of nitrogens with two attached hydrogens (primary N) is 1. The summed E-state index contributed by atoms with van der Waals surface area (Å²) in [5.41, 5.74) is 4.36. The molecule has 0 bridgehead atoms. The fraction of sp³-hybridized carbons (Fsp3) is 0.333. The summed E-state index contributed by atoms with van der Waals surface area (Å²) in [4.78, 5) is 11.0. The number of amides is 1. The monoisotopic (exact) mass is 306 g/mol. The highest BCUT2D eigenvalue weighted by molar-refractivity contribution is 7.80. The van der Waals surface area contributed by atoms with Gasteiger partial charge in [-0.05, 0) is 25.1 Å². The Hall–Kier alpha value is -1.83. The summed E-state index contributed by atoms with van der Waals surface area (Å²) in [6.07, 6.45) is -4.63. The zero-order valence-corrected chi connectivity index (χ0v) is 11.4. The van der Waals surface area contributed by atoms with Gasteiger partial charge in [0.05, 0.1) is 5.56 Å². The molecule has 0 aliphatic carbocycles. The summed E-state index contributed by atoms with van der Waals surface area (Å²) < 4.78 is 43.6. The minimum Gasteiger partial charge on any atom is -0.483 e. The Labute approximate surface area is 119 Å². The minimum atomic E-state index is -4.63. The largest absolute Gasteiger partial charge is 0.483 e. The number of hydrogen-bond donors (Lipinski definition) is 2. The summed E-state index contributed by atoms with van der Waals surface area (Å²) in [7, 11) is 0. The van der Waals surface area contributed by atoms with Gasteiger partial charge in [-0.3, -0.25) is 4.79 Å². The van der Waals surface area contributed by atoms with E-state index in [1.807, 2.05) is 0 Å². The molecule has 0 spiro atoms. The molecule has 0 aliphatic heterocycles. The number of benzene rings is 1. The minimum absolute atomic E-state index is 0.0812. The van der Waals surface area contributed by atoms with Crippen LogP contribution in [0, 0.1) is 0 Å². The Morgan fingerprint density at radius 3 is 2.60 bits per heavy atom. The van der Waals surface area contributed by atoms with Crippen LogP contribution in [0.1, 0.15) is 18.1 Å². The molecule has 1 aromatic rings. The first-order valence-electron chi connectivity index (χ1n) is 5.66. The number of likely N-dealkylation sites (N-methyl/N-ethyl adjacent to an activating group) is 1. The number of halogens is 3. The molecule has 0 radical (unpaired) electrons. The molecular weight excluding hydrogens is 293 g/mol. The SMILES string of the molecule is CCNC(=O)COc1ccc(C(N)=S)cc1C(F)(F)F.